The lowest BCUT2D eigenvalue weighted by molar-refractivity contribution is 0.0946. The van der Waals surface area contributed by atoms with Crippen molar-refractivity contribution < 1.29 is 9.21 Å². The molecule has 0 unspecified atom stereocenters. The third-order valence-electron chi connectivity index (χ3n) is 3.16. The average molecular weight is 260 g/mol. The molecule has 0 amide bonds. The second kappa shape index (κ2) is 6.50. The normalized spacial score (nSPS) is 11.3. The van der Waals surface area contributed by atoms with Gasteiger partial charge in [-0.3, -0.25) is 9.69 Å². The summed E-state index contributed by atoms with van der Waals surface area (Å²) in [4.78, 5) is 14.3. The summed E-state index contributed by atoms with van der Waals surface area (Å²) >= 11 is 0. The molecule has 0 saturated carbocycles. The molecule has 0 radical (unpaired) electrons. The molecule has 0 bridgehead atoms. The van der Waals surface area contributed by atoms with E-state index in [1.165, 1.54) is 0 Å². The maximum Gasteiger partial charge on any atom is 0.180 e. The van der Waals surface area contributed by atoms with E-state index >= 15 is 0 Å². The van der Waals surface area contributed by atoms with Crippen LogP contribution < -0.4 is 5.32 Å². The number of furan rings is 1. The zero-order valence-electron chi connectivity index (χ0n) is 11.5. The molecule has 0 atom stereocenters. The Bertz CT molecular complexity index is 548. The maximum absolute atomic E-state index is 12.2. The van der Waals surface area contributed by atoms with Crippen molar-refractivity contribution >= 4 is 16.8 Å². The number of nitrogens with zero attached hydrogens (tertiary/aromatic N) is 1. The largest absolute Gasteiger partial charge is 0.464 e. The molecule has 4 heteroatoms. The Morgan fingerprint density at radius 2 is 2.16 bits per heavy atom. The first-order chi connectivity index (χ1) is 9.22. The molecule has 0 aliphatic heterocycles. The molecule has 19 heavy (non-hydrogen) atoms. The molecule has 1 N–H and O–H groups in total. The molecule has 4 nitrogen and oxygen atoms in total. The number of likely N-dealkylation sites (N-methyl/N-ethyl adjacent to an activating group) is 1. The summed E-state index contributed by atoms with van der Waals surface area (Å²) in [5.41, 5.74) is 1.44. The van der Waals surface area contributed by atoms with Crippen LogP contribution in [0.1, 0.15) is 16.8 Å². The smallest absolute Gasteiger partial charge is 0.180 e. The van der Waals surface area contributed by atoms with Crippen LogP contribution in [0.25, 0.3) is 11.0 Å². The standard InChI is InChI=1S/C15H20N2O2/c1-16-8-5-9-17(2)10-14(18)13-11-19-15-7-4-3-6-12(13)15/h3-4,6-7,11,16H,5,8-10H2,1-2H3. The van der Waals surface area contributed by atoms with Gasteiger partial charge in [-0.1, -0.05) is 18.2 Å². The molecule has 102 valence electrons. The summed E-state index contributed by atoms with van der Waals surface area (Å²) in [6.07, 6.45) is 2.60. The third-order valence-corrected chi connectivity index (χ3v) is 3.16. The first kappa shape index (κ1) is 13.8. The van der Waals surface area contributed by atoms with E-state index in [4.69, 9.17) is 4.42 Å². The first-order valence-electron chi connectivity index (χ1n) is 6.55. The van der Waals surface area contributed by atoms with Crippen LogP contribution in [-0.4, -0.2) is 44.4 Å². The van der Waals surface area contributed by atoms with Crippen molar-refractivity contribution in [2.75, 3.05) is 33.7 Å². The number of carbonyl (C=O) groups is 1. The van der Waals surface area contributed by atoms with E-state index in [1.807, 2.05) is 43.3 Å². The third kappa shape index (κ3) is 3.43. The molecule has 1 aromatic heterocycles. The predicted molar refractivity (Wildman–Crippen MR) is 76.6 cm³/mol. The molecular formula is C15H20N2O2. The highest BCUT2D eigenvalue weighted by atomic mass is 16.3. The van der Waals surface area contributed by atoms with Crippen molar-refractivity contribution in [1.82, 2.24) is 10.2 Å². The van der Waals surface area contributed by atoms with Crippen LogP contribution in [0.2, 0.25) is 0 Å². The summed E-state index contributed by atoms with van der Waals surface area (Å²) in [6, 6.07) is 7.63. The van der Waals surface area contributed by atoms with E-state index in [1.54, 1.807) is 6.26 Å². The Balaban J connectivity index is 2.00. The highest BCUT2D eigenvalue weighted by Crippen LogP contribution is 2.21. The zero-order valence-corrected chi connectivity index (χ0v) is 11.5. The zero-order chi connectivity index (χ0) is 13.7. The Labute approximate surface area is 113 Å². The van der Waals surface area contributed by atoms with Crippen molar-refractivity contribution in [1.29, 1.82) is 0 Å². The van der Waals surface area contributed by atoms with Crippen LogP contribution in [0.15, 0.2) is 34.9 Å². The fourth-order valence-electron chi connectivity index (χ4n) is 2.13. The van der Waals surface area contributed by atoms with Crippen molar-refractivity contribution in [3.8, 4) is 0 Å². The summed E-state index contributed by atoms with van der Waals surface area (Å²) in [6.45, 7) is 2.29. The van der Waals surface area contributed by atoms with Crippen LogP contribution in [0.3, 0.4) is 0 Å². The molecule has 1 aromatic carbocycles. The average Bonchev–Trinajstić information content (AvgIpc) is 2.83. The van der Waals surface area contributed by atoms with Crippen LogP contribution in [0.4, 0.5) is 0 Å². The van der Waals surface area contributed by atoms with Gasteiger partial charge in [-0.2, -0.15) is 0 Å². The fourth-order valence-corrected chi connectivity index (χ4v) is 2.13. The number of benzene rings is 1. The summed E-state index contributed by atoms with van der Waals surface area (Å²) in [7, 11) is 3.90. The van der Waals surface area contributed by atoms with Crippen molar-refractivity contribution in [2.24, 2.45) is 0 Å². The molecule has 0 aliphatic carbocycles. The van der Waals surface area contributed by atoms with E-state index < -0.39 is 0 Å². The highest BCUT2D eigenvalue weighted by Gasteiger charge is 2.14. The number of hydrogen-bond acceptors (Lipinski definition) is 4. The molecule has 0 spiro atoms. The summed E-state index contributed by atoms with van der Waals surface area (Å²) in [5.74, 6) is 0.108. The summed E-state index contributed by atoms with van der Waals surface area (Å²) in [5, 5.41) is 4.00. The maximum atomic E-state index is 12.2. The number of ketones is 1. The number of para-hydroxylation sites is 1. The van der Waals surface area contributed by atoms with Gasteiger partial charge in [0.15, 0.2) is 5.78 Å². The molecule has 0 fully saturated rings. The SMILES string of the molecule is CNCCCN(C)CC(=O)c1coc2ccccc12. The second-order valence-corrected chi connectivity index (χ2v) is 4.76. The number of rotatable bonds is 7. The predicted octanol–water partition coefficient (Wildman–Crippen LogP) is 2.16. The van der Waals surface area contributed by atoms with Gasteiger partial charge in [-0.15, -0.1) is 0 Å². The minimum Gasteiger partial charge on any atom is -0.464 e. The topological polar surface area (TPSA) is 45.5 Å². The van der Waals surface area contributed by atoms with Gasteiger partial charge in [-0.05, 0) is 39.7 Å². The molecule has 1 heterocycles. The van der Waals surface area contributed by atoms with Gasteiger partial charge in [0.25, 0.3) is 0 Å². The van der Waals surface area contributed by atoms with Crippen molar-refractivity contribution in [3.63, 3.8) is 0 Å². The highest BCUT2D eigenvalue weighted by molar-refractivity contribution is 6.08. The molecule has 2 rings (SSSR count). The number of hydrogen-bond donors (Lipinski definition) is 1. The van der Waals surface area contributed by atoms with Gasteiger partial charge in [0, 0.05) is 5.39 Å². The second-order valence-electron chi connectivity index (χ2n) is 4.76. The Morgan fingerprint density at radius 3 is 2.95 bits per heavy atom. The molecule has 0 aliphatic rings. The molecular weight excluding hydrogens is 240 g/mol. The van der Waals surface area contributed by atoms with Crippen LogP contribution in [0.5, 0.6) is 0 Å². The minimum atomic E-state index is 0.108. The molecule has 0 saturated heterocycles. The van der Waals surface area contributed by atoms with E-state index in [2.05, 4.69) is 5.32 Å². The van der Waals surface area contributed by atoms with Gasteiger partial charge in [0.1, 0.15) is 11.8 Å². The monoisotopic (exact) mass is 260 g/mol. The minimum absolute atomic E-state index is 0.108. The van der Waals surface area contributed by atoms with Crippen molar-refractivity contribution in [3.05, 3.63) is 36.1 Å². The number of Topliss-reactive ketones (excluding diaryl/α,β-unsaturated/α-hetero) is 1. The Hall–Kier alpha value is -1.65. The lowest BCUT2D eigenvalue weighted by Crippen LogP contribution is -2.28. The van der Waals surface area contributed by atoms with Crippen LogP contribution in [0, 0.1) is 0 Å². The molecule has 2 aromatic rings. The van der Waals surface area contributed by atoms with Gasteiger partial charge in [0.05, 0.1) is 12.1 Å². The van der Waals surface area contributed by atoms with Crippen LogP contribution >= 0.6 is 0 Å². The fraction of sp³-hybridized carbons (Fsp3) is 0.400. The number of fused-ring (bicyclic) bond motifs is 1. The van der Waals surface area contributed by atoms with Crippen LogP contribution in [-0.2, 0) is 0 Å². The van der Waals surface area contributed by atoms with Gasteiger partial charge in [0.2, 0.25) is 0 Å². The number of carbonyl (C=O) groups excluding carboxylic acids is 1. The van der Waals surface area contributed by atoms with Crippen molar-refractivity contribution in [2.45, 2.75) is 6.42 Å². The summed E-state index contributed by atoms with van der Waals surface area (Å²) < 4.78 is 5.40. The van der Waals surface area contributed by atoms with E-state index in [9.17, 15) is 4.79 Å². The van der Waals surface area contributed by atoms with E-state index in [0.29, 0.717) is 12.1 Å². The van der Waals surface area contributed by atoms with Gasteiger partial charge >= 0.3 is 0 Å². The Morgan fingerprint density at radius 1 is 1.37 bits per heavy atom. The quantitative estimate of drug-likeness (QED) is 0.612. The number of nitrogens with one attached hydrogen (secondary N) is 1. The lowest BCUT2D eigenvalue weighted by atomic mass is 10.1. The first-order valence-corrected chi connectivity index (χ1v) is 6.55. The van der Waals surface area contributed by atoms with Gasteiger partial charge in [-0.25, -0.2) is 0 Å². The Kier molecular flexibility index (Phi) is 4.71. The lowest BCUT2D eigenvalue weighted by Gasteiger charge is -2.14. The van der Waals surface area contributed by atoms with E-state index in [0.717, 1.165) is 30.5 Å². The van der Waals surface area contributed by atoms with Gasteiger partial charge < -0.3 is 9.73 Å². The van der Waals surface area contributed by atoms with E-state index in [-0.39, 0.29) is 5.78 Å².